The van der Waals surface area contributed by atoms with Crippen molar-refractivity contribution in [3.05, 3.63) is 69.1 Å². The number of rotatable bonds is 6. The van der Waals surface area contributed by atoms with Crippen molar-refractivity contribution in [3.8, 4) is 5.69 Å². The van der Waals surface area contributed by atoms with E-state index in [4.69, 9.17) is 16.3 Å². The molecule has 0 saturated carbocycles. The number of para-hydroxylation sites is 1. The van der Waals surface area contributed by atoms with Gasteiger partial charge in [-0.25, -0.2) is 4.79 Å². The Hall–Kier alpha value is -2.79. The van der Waals surface area contributed by atoms with Gasteiger partial charge >= 0.3 is 5.97 Å². The largest absolute Gasteiger partial charge is 0.462 e. The van der Waals surface area contributed by atoms with E-state index < -0.39 is 5.97 Å². The summed E-state index contributed by atoms with van der Waals surface area (Å²) in [6.07, 6.45) is 1.80. The Morgan fingerprint density at radius 1 is 1.19 bits per heavy atom. The van der Waals surface area contributed by atoms with Crippen LogP contribution in [0.5, 0.6) is 0 Å². The van der Waals surface area contributed by atoms with Crippen molar-refractivity contribution in [1.82, 2.24) is 9.47 Å². The van der Waals surface area contributed by atoms with Crippen molar-refractivity contribution in [2.75, 3.05) is 13.2 Å². The molecule has 1 aromatic carbocycles. The maximum absolute atomic E-state index is 13.3. The Morgan fingerprint density at radius 3 is 2.48 bits per heavy atom. The number of carbonyl (C=O) groups is 2. The van der Waals surface area contributed by atoms with Crippen LogP contribution in [0.15, 0.2) is 47.2 Å². The third kappa shape index (κ3) is 4.33. The van der Waals surface area contributed by atoms with Crippen LogP contribution in [0.2, 0.25) is 5.02 Å². The standard InChI is InChI=1S/C25H29ClN2O3/c1-7-31-25(30)23-18(6)27(14-15(2)3)24(29)20(23)13-19-12-16(4)28(17(19)5)22-11-9-8-10-21(22)26/h8-13,15H,7,14H2,1-6H3. The van der Waals surface area contributed by atoms with Crippen LogP contribution < -0.4 is 0 Å². The molecular weight excluding hydrogens is 412 g/mol. The maximum atomic E-state index is 13.3. The fraction of sp³-hybridized carbons (Fsp3) is 0.360. The van der Waals surface area contributed by atoms with Gasteiger partial charge in [0.2, 0.25) is 0 Å². The summed E-state index contributed by atoms with van der Waals surface area (Å²) in [6, 6.07) is 9.64. The van der Waals surface area contributed by atoms with Gasteiger partial charge in [0, 0.05) is 23.6 Å². The maximum Gasteiger partial charge on any atom is 0.340 e. The normalized spacial score (nSPS) is 15.5. The number of amides is 1. The number of benzene rings is 1. The quantitative estimate of drug-likeness (QED) is 0.442. The van der Waals surface area contributed by atoms with E-state index in [1.807, 2.05) is 58.0 Å². The van der Waals surface area contributed by atoms with Gasteiger partial charge in [0.25, 0.3) is 5.91 Å². The topological polar surface area (TPSA) is 51.5 Å². The van der Waals surface area contributed by atoms with Gasteiger partial charge in [-0.2, -0.15) is 0 Å². The Bertz CT molecular complexity index is 1090. The lowest BCUT2D eigenvalue weighted by molar-refractivity contribution is -0.138. The van der Waals surface area contributed by atoms with Gasteiger partial charge in [0.15, 0.2) is 0 Å². The zero-order valence-electron chi connectivity index (χ0n) is 19.0. The van der Waals surface area contributed by atoms with E-state index in [9.17, 15) is 9.59 Å². The molecule has 0 unspecified atom stereocenters. The molecule has 0 radical (unpaired) electrons. The lowest BCUT2D eigenvalue weighted by atomic mass is 10.0. The molecule has 0 fully saturated rings. The molecule has 3 rings (SSSR count). The van der Waals surface area contributed by atoms with Crippen LogP contribution in [0.1, 0.15) is 44.6 Å². The summed E-state index contributed by atoms with van der Waals surface area (Å²) in [5.41, 5.74) is 5.02. The van der Waals surface area contributed by atoms with Gasteiger partial charge in [0.1, 0.15) is 0 Å². The summed E-state index contributed by atoms with van der Waals surface area (Å²) in [6.45, 7) is 12.4. The third-order valence-corrected chi connectivity index (χ3v) is 5.72. The molecule has 1 aromatic heterocycles. The van der Waals surface area contributed by atoms with Gasteiger partial charge in [-0.1, -0.05) is 37.6 Å². The molecule has 0 saturated heterocycles. The predicted octanol–water partition coefficient (Wildman–Crippen LogP) is 5.47. The monoisotopic (exact) mass is 440 g/mol. The molecule has 31 heavy (non-hydrogen) atoms. The first kappa shape index (κ1) is 22.9. The summed E-state index contributed by atoms with van der Waals surface area (Å²) in [7, 11) is 0. The Kier molecular flexibility index (Phi) is 6.75. The molecule has 1 aliphatic rings. The average molecular weight is 441 g/mol. The number of nitrogens with zero attached hydrogens (tertiary/aromatic N) is 2. The predicted molar refractivity (Wildman–Crippen MR) is 124 cm³/mol. The van der Waals surface area contributed by atoms with Crippen LogP contribution in [0.25, 0.3) is 11.8 Å². The fourth-order valence-electron chi connectivity index (χ4n) is 4.01. The number of hydrogen-bond acceptors (Lipinski definition) is 3. The molecule has 0 aliphatic carbocycles. The molecule has 2 heterocycles. The average Bonchev–Trinajstić information content (AvgIpc) is 3.10. The highest BCUT2D eigenvalue weighted by Crippen LogP contribution is 2.34. The molecular formula is C25H29ClN2O3. The number of aryl methyl sites for hydroxylation is 1. The summed E-state index contributed by atoms with van der Waals surface area (Å²) >= 11 is 6.43. The minimum atomic E-state index is -0.467. The van der Waals surface area contributed by atoms with Gasteiger partial charge < -0.3 is 14.2 Å². The highest BCUT2D eigenvalue weighted by molar-refractivity contribution is 6.32. The highest BCUT2D eigenvalue weighted by Gasteiger charge is 2.37. The van der Waals surface area contributed by atoms with Gasteiger partial charge in [-0.15, -0.1) is 0 Å². The van der Waals surface area contributed by atoms with E-state index in [-0.39, 0.29) is 18.4 Å². The number of carbonyl (C=O) groups excluding carboxylic acids is 2. The van der Waals surface area contributed by atoms with Crippen molar-refractivity contribution in [2.45, 2.75) is 41.5 Å². The number of allylic oxidation sites excluding steroid dienone is 1. The summed E-state index contributed by atoms with van der Waals surface area (Å²) < 4.78 is 7.33. The number of halogens is 1. The minimum Gasteiger partial charge on any atom is -0.462 e. The SMILES string of the molecule is CCOC(=O)C1=C(C)N(CC(C)C)C(=O)C1=Cc1cc(C)n(-c2ccccc2Cl)c1C. The van der Waals surface area contributed by atoms with Crippen LogP contribution >= 0.6 is 11.6 Å². The summed E-state index contributed by atoms with van der Waals surface area (Å²) in [5.74, 6) is -0.366. The first-order valence-electron chi connectivity index (χ1n) is 10.5. The Morgan fingerprint density at radius 2 is 1.87 bits per heavy atom. The van der Waals surface area contributed by atoms with E-state index in [1.165, 1.54) is 0 Å². The minimum absolute atomic E-state index is 0.170. The van der Waals surface area contributed by atoms with Crippen molar-refractivity contribution < 1.29 is 14.3 Å². The molecule has 164 valence electrons. The zero-order valence-corrected chi connectivity index (χ0v) is 19.7. The smallest absolute Gasteiger partial charge is 0.340 e. The molecule has 0 atom stereocenters. The first-order chi connectivity index (χ1) is 14.7. The molecule has 2 aromatic rings. The molecule has 6 heteroatoms. The molecule has 0 N–H and O–H groups in total. The van der Waals surface area contributed by atoms with E-state index in [2.05, 4.69) is 4.57 Å². The lowest BCUT2D eigenvalue weighted by Crippen LogP contribution is -2.28. The van der Waals surface area contributed by atoms with Gasteiger partial charge in [0.05, 0.1) is 28.5 Å². The lowest BCUT2D eigenvalue weighted by Gasteiger charge is -2.19. The number of aromatic nitrogens is 1. The van der Waals surface area contributed by atoms with E-state index in [1.54, 1.807) is 24.8 Å². The number of ether oxygens (including phenoxy) is 1. The fourth-order valence-corrected chi connectivity index (χ4v) is 4.23. The number of hydrogen-bond donors (Lipinski definition) is 0. The van der Waals surface area contributed by atoms with Crippen molar-refractivity contribution in [1.29, 1.82) is 0 Å². The molecule has 5 nitrogen and oxygen atoms in total. The first-order valence-corrected chi connectivity index (χ1v) is 10.9. The van der Waals surface area contributed by atoms with Crippen LogP contribution in [0.3, 0.4) is 0 Å². The van der Waals surface area contributed by atoms with Crippen LogP contribution in [0.4, 0.5) is 0 Å². The van der Waals surface area contributed by atoms with Crippen molar-refractivity contribution in [3.63, 3.8) is 0 Å². The second-order valence-electron chi connectivity index (χ2n) is 8.16. The van der Waals surface area contributed by atoms with Crippen LogP contribution in [-0.2, 0) is 14.3 Å². The van der Waals surface area contributed by atoms with Crippen molar-refractivity contribution in [2.24, 2.45) is 5.92 Å². The van der Waals surface area contributed by atoms with Gasteiger partial charge in [-0.3, -0.25) is 4.79 Å². The van der Waals surface area contributed by atoms with E-state index in [0.717, 1.165) is 22.6 Å². The second-order valence-corrected chi connectivity index (χ2v) is 8.57. The Balaban J connectivity index is 2.13. The van der Waals surface area contributed by atoms with E-state index in [0.29, 0.717) is 28.4 Å². The highest BCUT2D eigenvalue weighted by atomic mass is 35.5. The zero-order chi connectivity index (χ0) is 22.9. The van der Waals surface area contributed by atoms with Crippen LogP contribution in [-0.4, -0.2) is 34.5 Å². The van der Waals surface area contributed by atoms with Crippen molar-refractivity contribution >= 4 is 29.6 Å². The molecule has 0 bridgehead atoms. The van der Waals surface area contributed by atoms with Crippen LogP contribution in [0, 0.1) is 19.8 Å². The molecule has 1 amide bonds. The second kappa shape index (κ2) is 9.15. The Labute approximate surface area is 188 Å². The third-order valence-electron chi connectivity index (χ3n) is 5.40. The molecule has 0 spiro atoms. The van der Waals surface area contributed by atoms with Gasteiger partial charge in [-0.05, 0) is 63.5 Å². The summed E-state index contributed by atoms with van der Waals surface area (Å²) in [4.78, 5) is 27.7. The molecule has 1 aliphatic heterocycles. The van der Waals surface area contributed by atoms with E-state index >= 15 is 0 Å². The summed E-state index contributed by atoms with van der Waals surface area (Å²) in [5, 5.41) is 0.645. The number of esters is 1.